The monoisotopic (exact) mass is 340 g/mol. The maximum absolute atomic E-state index is 12.2. The van der Waals surface area contributed by atoms with Crippen LogP contribution in [0.25, 0.3) is 5.65 Å². The van der Waals surface area contributed by atoms with E-state index in [1.54, 1.807) is 12.3 Å². The van der Waals surface area contributed by atoms with Gasteiger partial charge in [0.15, 0.2) is 5.65 Å². The third-order valence-corrected chi connectivity index (χ3v) is 5.74. The van der Waals surface area contributed by atoms with E-state index >= 15 is 0 Å². The van der Waals surface area contributed by atoms with Gasteiger partial charge in [-0.05, 0) is 5.56 Å². The molecular formula is C18H20N4OS. The highest BCUT2D eigenvalue weighted by Gasteiger charge is 2.30. The highest BCUT2D eigenvalue weighted by molar-refractivity contribution is 8.00. The van der Waals surface area contributed by atoms with Crippen molar-refractivity contribution in [2.24, 2.45) is 0 Å². The van der Waals surface area contributed by atoms with Crippen LogP contribution in [0.1, 0.15) is 24.2 Å². The highest BCUT2D eigenvalue weighted by Crippen LogP contribution is 2.36. The molecule has 1 aromatic carbocycles. The molecule has 2 atom stereocenters. The van der Waals surface area contributed by atoms with Crippen molar-refractivity contribution in [1.82, 2.24) is 19.5 Å². The van der Waals surface area contributed by atoms with Gasteiger partial charge in [0.1, 0.15) is 0 Å². The molecule has 24 heavy (non-hydrogen) atoms. The fourth-order valence-corrected chi connectivity index (χ4v) is 4.68. The van der Waals surface area contributed by atoms with Crippen molar-refractivity contribution >= 4 is 17.4 Å². The molecule has 0 spiro atoms. The predicted molar refractivity (Wildman–Crippen MR) is 97.3 cm³/mol. The summed E-state index contributed by atoms with van der Waals surface area (Å²) >= 11 is 2.01. The molecule has 0 radical (unpaired) electrons. The topological polar surface area (TPSA) is 53.4 Å². The first-order valence-electron chi connectivity index (χ1n) is 8.19. The second-order valence-corrected chi connectivity index (χ2v) is 7.63. The lowest BCUT2D eigenvalue weighted by Crippen LogP contribution is -2.40. The van der Waals surface area contributed by atoms with Gasteiger partial charge in [0.05, 0.1) is 5.69 Å². The van der Waals surface area contributed by atoms with Crippen molar-refractivity contribution in [3.63, 3.8) is 0 Å². The van der Waals surface area contributed by atoms with E-state index in [2.05, 4.69) is 52.2 Å². The summed E-state index contributed by atoms with van der Waals surface area (Å²) in [6.07, 6.45) is 1.74. The summed E-state index contributed by atoms with van der Waals surface area (Å²) in [6.45, 7) is 3.98. The highest BCUT2D eigenvalue weighted by atomic mass is 32.2. The number of H-pyrrole nitrogens is 1. The molecule has 3 heterocycles. The van der Waals surface area contributed by atoms with Gasteiger partial charge in [-0.25, -0.2) is 9.50 Å². The minimum atomic E-state index is -0.0595. The van der Waals surface area contributed by atoms with Crippen molar-refractivity contribution in [2.75, 3.05) is 12.3 Å². The van der Waals surface area contributed by atoms with Crippen molar-refractivity contribution in [3.8, 4) is 0 Å². The van der Waals surface area contributed by atoms with Gasteiger partial charge in [0.2, 0.25) is 0 Å². The fourth-order valence-electron chi connectivity index (χ4n) is 3.46. The Kier molecular flexibility index (Phi) is 4.16. The van der Waals surface area contributed by atoms with Crippen LogP contribution < -0.4 is 5.56 Å². The molecular weight excluding hydrogens is 320 g/mol. The van der Waals surface area contributed by atoms with E-state index < -0.39 is 0 Å². The third-order valence-electron chi connectivity index (χ3n) is 4.54. The standard InChI is InChI=1S/C18H20N4OS/c1-13-18(14-5-3-2-4-6-14)21(9-10-24-13)12-15-11-17(23)22-16(20-15)7-8-19-22/h2-8,11,13,18-19H,9-10,12H2,1H3. The molecule has 6 heteroatoms. The van der Waals surface area contributed by atoms with E-state index in [-0.39, 0.29) is 5.56 Å². The van der Waals surface area contributed by atoms with Crippen molar-refractivity contribution in [3.05, 3.63) is 70.3 Å². The number of rotatable bonds is 3. The van der Waals surface area contributed by atoms with Crippen molar-refractivity contribution in [1.29, 1.82) is 0 Å². The van der Waals surface area contributed by atoms with Gasteiger partial charge in [-0.2, -0.15) is 11.8 Å². The van der Waals surface area contributed by atoms with Crippen LogP contribution in [0.4, 0.5) is 0 Å². The van der Waals surface area contributed by atoms with Crippen LogP contribution in [0.5, 0.6) is 0 Å². The van der Waals surface area contributed by atoms with Gasteiger partial charge in [0.25, 0.3) is 5.56 Å². The largest absolute Gasteiger partial charge is 0.297 e. The lowest BCUT2D eigenvalue weighted by atomic mass is 10.0. The Hall–Kier alpha value is -2.05. The minimum Gasteiger partial charge on any atom is -0.297 e. The van der Waals surface area contributed by atoms with E-state index in [9.17, 15) is 4.79 Å². The van der Waals surface area contributed by atoms with E-state index in [0.29, 0.717) is 23.5 Å². The van der Waals surface area contributed by atoms with Crippen LogP contribution >= 0.6 is 11.8 Å². The molecule has 1 N–H and O–H groups in total. The molecule has 1 aliphatic rings. The minimum absolute atomic E-state index is 0.0595. The zero-order valence-electron chi connectivity index (χ0n) is 13.6. The molecule has 124 valence electrons. The molecule has 1 aliphatic heterocycles. The molecule has 0 aliphatic carbocycles. The lowest BCUT2D eigenvalue weighted by Gasteiger charge is -2.39. The maximum atomic E-state index is 12.2. The molecule has 0 amide bonds. The molecule has 2 aromatic heterocycles. The summed E-state index contributed by atoms with van der Waals surface area (Å²) in [4.78, 5) is 19.3. The number of benzene rings is 1. The lowest BCUT2D eigenvalue weighted by molar-refractivity contribution is 0.189. The van der Waals surface area contributed by atoms with E-state index in [1.807, 2.05) is 17.8 Å². The van der Waals surface area contributed by atoms with Crippen LogP contribution in [-0.4, -0.2) is 37.0 Å². The average molecular weight is 340 g/mol. The van der Waals surface area contributed by atoms with Gasteiger partial charge >= 0.3 is 0 Å². The number of hydrogen-bond acceptors (Lipinski definition) is 4. The molecule has 0 saturated carbocycles. The van der Waals surface area contributed by atoms with Gasteiger partial charge < -0.3 is 0 Å². The van der Waals surface area contributed by atoms with Crippen LogP contribution in [0.2, 0.25) is 0 Å². The van der Waals surface area contributed by atoms with Crippen molar-refractivity contribution in [2.45, 2.75) is 24.8 Å². The smallest absolute Gasteiger partial charge is 0.272 e. The number of hydrogen-bond donors (Lipinski definition) is 1. The average Bonchev–Trinajstić information content (AvgIpc) is 3.05. The molecule has 5 nitrogen and oxygen atoms in total. The molecule has 1 saturated heterocycles. The number of nitrogens with zero attached hydrogens (tertiary/aromatic N) is 3. The second-order valence-electron chi connectivity index (χ2n) is 6.14. The summed E-state index contributed by atoms with van der Waals surface area (Å²) in [5.41, 5.74) is 2.78. The first-order chi connectivity index (χ1) is 11.7. The third kappa shape index (κ3) is 2.87. The number of thioether (sulfide) groups is 1. The van der Waals surface area contributed by atoms with E-state index in [1.165, 1.54) is 10.1 Å². The van der Waals surface area contributed by atoms with Gasteiger partial charge in [-0.15, -0.1) is 0 Å². The SMILES string of the molecule is CC1SCCN(Cc2cc(=O)n3[nH]ccc3n2)C1c1ccccc1. The first kappa shape index (κ1) is 15.5. The summed E-state index contributed by atoms with van der Waals surface area (Å²) in [5.74, 6) is 1.11. The second kappa shape index (κ2) is 6.45. The zero-order chi connectivity index (χ0) is 16.5. The Labute approximate surface area is 144 Å². The van der Waals surface area contributed by atoms with E-state index in [4.69, 9.17) is 0 Å². The summed E-state index contributed by atoms with van der Waals surface area (Å²) in [5, 5.41) is 3.40. The molecule has 0 bridgehead atoms. The Balaban J connectivity index is 1.66. The molecule has 4 rings (SSSR count). The van der Waals surface area contributed by atoms with Gasteiger partial charge in [-0.3, -0.25) is 14.8 Å². The Morgan fingerprint density at radius 2 is 2.12 bits per heavy atom. The Morgan fingerprint density at radius 3 is 2.96 bits per heavy atom. The van der Waals surface area contributed by atoms with Crippen molar-refractivity contribution < 1.29 is 0 Å². The van der Waals surface area contributed by atoms with Gasteiger partial charge in [0, 0.05) is 48.5 Å². The summed E-state index contributed by atoms with van der Waals surface area (Å²) < 4.78 is 1.47. The Bertz CT molecular complexity index is 889. The fraction of sp³-hybridized carbons (Fsp3) is 0.333. The summed E-state index contributed by atoms with van der Waals surface area (Å²) in [7, 11) is 0. The number of fused-ring (bicyclic) bond motifs is 1. The van der Waals surface area contributed by atoms with Crippen LogP contribution in [0.3, 0.4) is 0 Å². The normalized spacial score (nSPS) is 22.0. The predicted octanol–water partition coefficient (Wildman–Crippen LogP) is 2.70. The zero-order valence-corrected chi connectivity index (χ0v) is 14.4. The molecule has 3 aromatic rings. The number of aromatic amines is 1. The van der Waals surface area contributed by atoms with Crippen LogP contribution in [-0.2, 0) is 6.54 Å². The van der Waals surface area contributed by atoms with Gasteiger partial charge in [-0.1, -0.05) is 37.3 Å². The molecule has 2 unspecified atom stereocenters. The maximum Gasteiger partial charge on any atom is 0.272 e. The van der Waals surface area contributed by atoms with E-state index in [0.717, 1.165) is 18.0 Å². The number of nitrogens with one attached hydrogen (secondary N) is 1. The first-order valence-corrected chi connectivity index (χ1v) is 9.24. The summed E-state index contributed by atoms with van der Waals surface area (Å²) in [6, 6.07) is 14.4. The van der Waals surface area contributed by atoms with Crippen LogP contribution in [0, 0.1) is 0 Å². The van der Waals surface area contributed by atoms with Crippen LogP contribution in [0.15, 0.2) is 53.5 Å². The number of aromatic nitrogens is 3. The quantitative estimate of drug-likeness (QED) is 0.796. The molecule has 1 fully saturated rings. The Morgan fingerprint density at radius 1 is 1.29 bits per heavy atom.